The quantitative estimate of drug-likeness (QED) is 0.791. The molecule has 92 valence electrons. The standard InChI is InChI=1S/C14H12FNOS/c15-11-4-3-10-5-6-16(12(10)8-11)9-13(17)14-2-1-7-18-14/h1-4,7-8H,5-6,9H2. The first-order valence-corrected chi connectivity index (χ1v) is 6.72. The van der Waals surface area contributed by atoms with E-state index in [1.165, 1.54) is 23.5 Å². The van der Waals surface area contributed by atoms with E-state index in [0.29, 0.717) is 6.54 Å². The molecular weight excluding hydrogens is 249 g/mol. The second kappa shape index (κ2) is 4.53. The van der Waals surface area contributed by atoms with E-state index in [2.05, 4.69) is 0 Å². The van der Waals surface area contributed by atoms with E-state index in [9.17, 15) is 9.18 Å². The Bertz CT molecular complexity index is 579. The average Bonchev–Trinajstić information content (AvgIpc) is 2.99. The fraction of sp³-hybridized carbons (Fsp3) is 0.214. The zero-order valence-electron chi connectivity index (χ0n) is 9.73. The van der Waals surface area contributed by atoms with Crippen LogP contribution in [0, 0.1) is 5.82 Å². The Balaban J connectivity index is 1.81. The van der Waals surface area contributed by atoms with E-state index < -0.39 is 0 Å². The highest BCUT2D eigenvalue weighted by atomic mass is 32.1. The van der Waals surface area contributed by atoms with Crippen molar-refractivity contribution in [2.75, 3.05) is 18.0 Å². The Labute approximate surface area is 109 Å². The predicted molar refractivity (Wildman–Crippen MR) is 71.0 cm³/mol. The monoisotopic (exact) mass is 261 g/mol. The van der Waals surface area contributed by atoms with Crippen molar-refractivity contribution in [3.8, 4) is 0 Å². The molecule has 1 aromatic carbocycles. The molecule has 0 saturated carbocycles. The molecule has 0 saturated heterocycles. The van der Waals surface area contributed by atoms with E-state index >= 15 is 0 Å². The lowest BCUT2D eigenvalue weighted by molar-refractivity contribution is 0.100. The molecule has 0 N–H and O–H groups in total. The van der Waals surface area contributed by atoms with Crippen LogP contribution in [0.15, 0.2) is 35.7 Å². The summed E-state index contributed by atoms with van der Waals surface area (Å²) in [5.74, 6) is -0.147. The number of nitrogens with zero attached hydrogens (tertiary/aromatic N) is 1. The van der Waals surface area contributed by atoms with Crippen molar-refractivity contribution in [2.24, 2.45) is 0 Å². The largest absolute Gasteiger partial charge is 0.363 e. The lowest BCUT2D eigenvalue weighted by Crippen LogP contribution is -2.27. The Morgan fingerprint density at radius 2 is 2.28 bits per heavy atom. The lowest BCUT2D eigenvalue weighted by Gasteiger charge is -2.17. The van der Waals surface area contributed by atoms with Crippen LogP contribution in [0.2, 0.25) is 0 Å². The number of Topliss-reactive ketones (excluding diaryl/α,β-unsaturated/α-hetero) is 1. The molecule has 0 unspecified atom stereocenters. The minimum atomic E-state index is -0.246. The summed E-state index contributed by atoms with van der Waals surface area (Å²) in [6.07, 6.45) is 0.882. The second-order valence-electron chi connectivity index (χ2n) is 4.35. The third kappa shape index (κ3) is 2.04. The number of thiophene rings is 1. The van der Waals surface area contributed by atoms with Crippen molar-refractivity contribution < 1.29 is 9.18 Å². The predicted octanol–water partition coefficient (Wildman–Crippen LogP) is 3.13. The van der Waals surface area contributed by atoms with E-state index in [1.807, 2.05) is 22.4 Å². The van der Waals surface area contributed by atoms with Gasteiger partial charge in [0.05, 0.1) is 11.4 Å². The zero-order valence-corrected chi connectivity index (χ0v) is 10.5. The van der Waals surface area contributed by atoms with E-state index in [-0.39, 0.29) is 11.6 Å². The maximum absolute atomic E-state index is 13.2. The van der Waals surface area contributed by atoms with Crippen LogP contribution in [0.4, 0.5) is 10.1 Å². The number of hydrogen-bond acceptors (Lipinski definition) is 3. The van der Waals surface area contributed by atoms with Gasteiger partial charge in [0.1, 0.15) is 5.82 Å². The van der Waals surface area contributed by atoms with Crippen molar-refractivity contribution in [3.63, 3.8) is 0 Å². The van der Waals surface area contributed by atoms with Gasteiger partial charge in [0.15, 0.2) is 5.78 Å². The van der Waals surface area contributed by atoms with Crippen LogP contribution >= 0.6 is 11.3 Å². The average molecular weight is 261 g/mol. The molecule has 1 aliphatic heterocycles. The summed E-state index contributed by atoms with van der Waals surface area (Å²) in [5.41, 5.74) is 1.98. The van der Waals surface area contributed by atoms with E-state index in [1.54, 1.807) is 6.07 Å². The molecule has 0 radical (unpaired) electrons. The topological polar surface area (TPSA) is 20.3 Å². The van der Waals surface area contributed by atoms with Gasteiger partial charge in [-0.25, -0.2) is 4.39 Å². The minimum absolute atomic E-state index is 0.0992. The molecule has 2 nitrogen and oxygen atoms in total. The Morgan fingerprint density at radius 1 is 1.39 bits per heavy atom. The van der Waals surface area contributed by atoms with Crippen molar-refractivity contribution >= 4 is 22.8 Å². The summed E-state index contributed by atoms with van der Waals surface area (Å²) in [6.45, 7) is 1.12. The Kier molecular flexibility index (Phi) is 2.88. The number of anilines is 1. The molecule has 3 rings (SSSR count). The van der Waals surface area contributed by atoms with Crippen LogP contribution in [0.1, 0.15) is 15.2 Å². The van der Waals surface area contributed by atoms with Gasteiger partial charge in [-0.1, -0.05) is 12.1 Å². The molecular formula is C14H12FNOS. The van der Waals surface area contributed by atoms with Gasteiger partial charge in [-0.15, -0.1) is 11.3 Å². The zero-order chi connectivity index (χ0) is 12.5. The Morgan fingerprint density at radius 3 is 3.06 bits per heavy atom. The van der Waals surface area contributed by atoms with Gasteiger partial charge in [-0.2, -0.15) is 0 Å². The highest BCUT2D eigenvalue weighted by molar-refractivity contribution is 7.12. The lowest BCUT2D eigenvalue weighted by atomic mass is 10.1. The van der Waals surface area contributed by atoms with Gasteiger partial charge in [-0.3, -0.25) is 4.79 Å². The molecule has 0 fully saturated rings. The SMILES string of the molecule is O=C(CN1CCc2ccc(F)cc21)c1cccs1. The van der Waals surface area contributed by atoms with Gasteiger partial charge in [0.25, 0.3) is 0 Å². The molecule has 1 aromatic heterocycles. The van der Waals surface area contributed by atoms with Gasteiger partial charge in [0, 0.05) is 12.2 Å². The molecule has 4 heteroatoms. The first-order chi connectivity index (χ1) is 8.74. The summed E-state index contributed by atoms with van der Waals surface area (Å²) in [4.78, 5) is 14.8. The molecule has 1 aliphatic rings. The fourth-order valence-electron chi connectivity index (χ4n) is 2.27. The van der Waals surface area contributed by atoms with Gasteiger partial charge in [0.2, 0.25) is 0 Å². The third-order valence-electron chi connectivity index (χ3n) is 3.17. The molecule has 0 spiro atoms. The van der Waals surface area contributed by atoms with Crippen LogP contribution in [-0.2, 0) is 6.42 Å². The number of ketones is 1. The number of halogens is 1. The number of fused-ring (bicyclic) bond motifs is 1. The first kappa shape index (κ1) is 11.4. The Hall–Kier alpha value is -1.68. The van der Waals surface area contributed by atoms with E-state index in [0.717, 1.165) is 29.1 Å². The van der Waals surface area contributed by atoms with E-state index in [4.69, 9.17) is 0 Å². The van der Waals surface area contributed by atoms with Crippen LogP contribution in [-0.4, -0.2) is 18.9 Å². The molecule has 0 atom stereocenters. The molecule has 2 aromatic rings. The molecule has 0 amide bonds. The maximum atomic E-state index is 13.2. The first-order valence-electron chi connectivity index (χ1n) is 5.84. The van der Waals surface area contributed by atoms with Crippen LogP contribution < -0.4 is 4.90 Å². The van der Waals surface area contributed by atoms with Gasteiger partial charge >= 0.3 is 0 Å². The van der Waals surface area contributed by atoms with Gasteiger partial charge < -0.3 is 4.90 Å². The second-order valence-corrected chi connectivity index (χ2v) is 5.29. The van der Waals surface area contributed by atoms with Crippen LogP contribution in [0.3, 0.4) is 0 Å². The molecule has 0 bridgehead atoms. The third-order valence-corrected chi connectivity index (χ3v) is 4.08. The normalized spacial score (nSPS) is 13.7. The van der Waals surface area contributed by atoms with Crippen LogP contribution in [0.5, 0.6) is 0 Å². The van der Waals surface area contributed by atoms with Crippen LogP contribution in [0.25, 0.3) is 0 Å². The highest BCUT2D eigenvalue weighted by Crippen LogP contribution is 2.28. The summed E-state index contributed by atoms with van der Waals surface area (Å²) >= 11 is 1.45. The van der Waals surface area contributed by atoms with Crippen molar-refractivity contribution in [2.45, 2.75) is 6.42 Å². The summed E-state index contributed by atoms with van der Waals surface area (Å²) in [5, 5.41) is 1.89. The summed E-state index contributed by atoms with van der Waals surface area (Å²) < 4.78 is 13.2. The number of carbonyl (C=O) groups is 1. The smallest absolute Gasteiger partial charge is 0.191 e. The molecule has 2 heterocycles. The number of carbonyl (C=O) groups excluding carboxylic acids is 1. The number of benzene rings is 1. The van der Waals surface area contributed by atoms with Crippen molar-refractivity contribution in [3.05, 3.63) is 52.0 Å². The molecule has 18 heavy (non-hydrogen) atoms. The maximum Gasteiger partial charge on any atom is 0.191 e. The van der Waals surface area contributed by atoms with Gasteiger partial charge in [-0.05, 0) is 35.6 Å². The summed E-state index contributed by atoms with van der Waals surface area (Å²) in [7, 11) is 0. The fourth-order valence-corrected chi connectivity index (χ4v) is 2.93. The number of rotatable bonds is 3. The highest BCUT2D eigenvalue weighted by Gasteiger charge is 2.22. The summed E-state index contributed by atoms with van der Waals surface area (Å²) in [6, 6.07) is 8.50. The molecule has 0 aliphatic carbocycles. The van der Waals surface area contributed by atoms with Crippen molar-refractivity contribution in [1.82, 2.24) is 0 Å². The minimum Gasteiger partial charge on any atom is -0.363 e. The number of hydrogen-bond donors (Lipinski definition) is 0. The van der Waals surface area contributed by atoms with Crippen molar-refractivity contribution in [1.29, 1.82) is 0 Å².